The Kier molecular flexibility index (Phi) is 8.14. The van der Waals surface area contributed by atoms with Gasteiger partial charge in [0, 0.05) is 47.6 Å². The summed E-state index contributed by atoms with van der Waals surface area (Å²) in [7, 11) is 2.19. The summed E-state index contributed by atoms with van der Waals surface area (Å²) in [5, 5.41) is 0. The van der Waals surface area contributed by atoms with Crippen LogP contribution in [0.4, 0.5) is 0 Å². The molecule has 3 nitrogen and oxygen atoms in total. The van der Waals surface area contributed by atoms with E-state index in [-0.39, 0.29) is 11.5 Å². The monoisotopic (exact) mass is 625 g/mol. The van der Waals surface area contributed by atoms with Crippen LogP contribution in [-0.2, 0) is 5.41 Å². The Balaban J connectivity index is 1.19. The van der Waals surface area contributed by atoms with Crippen molar-refractivity contribution in [1.82, 2.24) is 9.88 Å². The van der Waals surface area contributed by atoms with Crippen molar-refractivity contribution in [2.75, 3.05) is 7.05 Å². The number of allylic oxidation sites excluding steroid dienone is 15. The lowest BCUT2D eigenvalue weighted by molar-refractivity contribution is 0.476. The number of hydrogen-bond acceptors (Lipinski definition) is 3. The molecule has 0 radical (unpaired) electrons. The number of likely N-dealkylation sites (N-methyl/N-ethyl adjacent to an activating group) is 1. The first kappa shape index (κ1) is 30.3. The normalized spacial score (nSPS) is 29.0. The summed E-state index contributed by atoms with van der Waals surface area (Å²) in [5.74, 6) is 2.17. The highest BCUT2D eigenvalue weighted by Crippen LogP contribution is 2.45. The maximum absolute atomic E-state index is 5.50. The quantitative estimate of drug-likeness (QED) is 0.320. The van der Waals surface area contributed by atoms with Crippen molar-refractivity contribution in [1.29, 1.82) is 0 Å². The molecular weight excluding hydrogens is 583 g/mol. The van der Waals surface area contributed by atoms with Crippen LogP contribution in [0.1, 0.15) is 55.3 Å². The summed E-state index contributed by atoms with van der Waals surface area (Å²) in [6.45, 7) is 2.27. The highest BCUT2D eigenvalue weighted by molar-refractivity contribution is 6.03. The van der Waals surface area contributed by atoms with Crippen LogP contribution >= 0.6 is 0 Å². The van der Waals surface area contributed by atoms with Crippen LogP contribution in [0.2, 0.25) is 0 Å². The Morgan fingerprint density at radius 3 is 2.62 bits per heavy atom. The van der Waals surface area contributed by atoms with Gasteiger partial charge in [0.1, 0.15) is 5.84 Å². The third kappa shape index (κ3) is 5.72. The number of amidine groups is 1. The van der Waals surface area contributed by atoms with E-state index >= 15 is 0 Å². The van der Waals surface area contributed by atoms with Gasteiger partial charge in [-0.15, -0.1) is 0 Å². The Labute approximate surface area is 285 Å². The third-order valence-corrected chi connectivity index (χ3v) is 10.8. The fraction of sp³-hybridized carbons (Fsp3) is 0.244. The Morgan fingerprint density at radius 1 is 0.917 bits per heavy atom. The predicted octanol–water partition coefficient (Wildman–Crippen LogP) is 10.1. The van der Waals surface area contributed by atoms with Crippen molar-refractivity contribution in [3.8, 4) is 0 Å². The molecule has 0 spiro atoms. The minimum atomic E-state index is -0.140. The maximum Gasteiger partial charge on any atom is 0.136 e. The van der Waals surface area contributed by atoms with Crippen molar-refractivity contribution >= 4 is 11.9 Å². The number of aliphatic imine (C=N–C) groups is 1. The molecule has 238 valence electrons. The van der Waals surface area contributed by atoms with Crippen molar-refractivity contribution in [3.05, 3.63) is 191 Å². The van der Waals surface area contributed by atoms with E-state index in [2.05, 4.69) is 159 Å². The number of rotatable bonds is 6. The first-order valence-electron chi connectivity index (χ1n) is 17.5. The summed E-state index contributed by atoms with van der Waals surface area (Å²) in [5.41, 5.74) is 10.1. The largest absolute Gasteiger partial charge is 0.349 e. The van der Waals surface area contributed by atoms with E-state index < -0.39 is 0 Å². The van der Waals surface area contributed by atoms with Gasteiger partial charge in [-0.1, -0.05) is 134 Å². The highest BCUT2D eigenvalue weighted by atomic mass is 15.2. The molecule has 0 fully saturated rings. The number of fused-ring (bicyclic) bond motifs is 2. The molecular formula is C45H43N3. The zero-order valence-corrected chi connectivity index (χ0v) is 27.9. The third-order valence-electron chi connectivity index (χ3n) is 10.8. The van der Waals surface area contributed by atoms with E-state index in [4.69, 9.17) is 9.98 Å². The molecule has 0 bridgehead atoms. The van der Waals surface area contributed by atoms with Crippen LogP contribution < -0.4 is 0 Å². The molecule has 5 atom stereocenters. The van der Waals surface area contributed by atoms with Gasteiger partial charge in [0.15, 0.2) is 0 Å². The Hall–Kier alpha value is -5.02. The topological polar surface area (TPSA) is 28.5 Å². The van der Waals surface area contributed by atoms with E-state index in [1.165, 1.54) is 33.4 Å². The second-order valence-electron chi connectivity index (χ2n) is 13.9. The molecule has 1 aromatic carbocycles. The van der Waals surface area contributed by atoms with Gasteiger partial charge in [0.25, 0.3) is 0 Å². The molecule has 5 aliphatic carbocycles. The van der Waals surface area contributed by atoms with Crippen LogP contribution in [0, 0.1) is 11.8 Å². The molecule has 2 heterocycles. The summed E-state index contributed by atoms with van der Waals surface area (Å²) in [4.78, 5) is 12.6. The van der Waals surface area contributed by atoms with Gasteiger partial charge in [-0.05, 0) is 66.2 Å². The summed E-state index contributed by atoms with van der Waals surface area (Å²) >= 11 is 0. The summed E-state index contributed by atoms with van der Waals surface area (Å²) in [6, 6.07) is 15.1. The maximum atomic E-state index is 5.50. The van der Waals surface area contributed by atoms with Gasteiger partial charge in [-0.3, -0.25) is 4.98 Å². The molecule has 48 heavy (non-hydrogen) atoms. The number of nitrogens with zero attached hydrogens (tertiary/aromatic N) is 3. The summed E-state index contributed by atoms with van der Waals surface area (Å²) < 4.78 is 0. The van der Waals surface area contributed by atoms with Crippen molar-refractivity contribution in [2.45, 2.75) is 50.0 Å². The molecule has 0 N–H and O–H groups in total. The van der Waals surface area contributed by atoms with Gasteiger partial charge >= 0.3 is 0 Å². The number of benzene rings is 1. The average molecular weight is 626 g/mol. The minimum Gasteiger partial charge on any atom is -0.349 e. The van der Waals surface area contributed by atoms with Crippen LogP contribution in [0.3, 0.4) is 0 Å². The smallest absolute Gasteiger partial charge is 0.136 e. The second-order valence-corrected chi connectivity index (χ2v) is 13.9. The average Bonchev–Trinajstić information content (AvgIpc) is 3.15. The first-order chi connectivity index (χ1) is 23.6. The van der Waals surface area contributed by atoms with E-state index in [1.54, 1.807) is 0 Å². The zero-order chi connectivity index (χ0) is 32.5. The minimum absolute atomic E-state index is 0.0457. The van der Waals surface area contributed by atoms with Crippen LogP contribution in [0.5, 0.6) is 0 Å². The lowest BCUT2D eigenvalue weighted by atomic mass is 9.71. The molecule has 5 unspecified atom stereocenters. The van der Waals surface area contributed by atoms with Gasteiger partial charge < -0.3 is 4.90 Å². The molecule has 8 rings (SSSR count). The van der Waals surface area contributed by atoms with Gasteiger partial charge in [0.2, 0.25) is 0 Å². The highest BCUT2D eigenvalue weighted by Gasteiger charge is 2.34. The molecule has 6 aliphatic rings. The number of aromatic nitrogens is 1. The van der Waals surface area contributed by atoms with E-state index in [1.807, 2.05) is 12.3 Å². The van der Waals surface area contributed by atoms with Crippen molar-refractivity contribution in [3.63, 3.8) is 0 Å². The van der Waals surface area contributed by atoms with Gasteiger partial charge in [-0.2, -0.15) is 0 Å². The lowest BCUT2D eigenvalue weighted by Crippen LogP contribution is -2.39. The van der Waals surface area contributed by atoms with Crippen molar-refractivity contribution < 1.29 is 0 Å². The Bertz CT molecular complexity index is 1970. The van der Waals surface area contributed by atoms with E-state index in [9.17, 15) is 0 Å². The van der Waals surface area contributed by atoms with E-state index in [0.29, 0.717) is 17.8 Å². The SMILES string of the molecule is CN1C(C2=CCC(C)(c3ccccn3)C=C2)=NC(C2=CC3C=CC=CC3C3=C2CCC=C3)=CC1/C=C/c1ccccc1C1C=CC=CC1. The second kappa shape index (κ2) is 12.9. The van der Waals surface area contributed by atoms with Crippen LogP contribution in [0.25, 0.3) is 6.08 Å². The number of pyridine rings is 1. The molecule has 1 aliphatic heterocycles. The standard InChI is InChI=1S/C45H43N3/c1-45(43-22-12-13-29-46-43)27-25-34(26-28-45)44-47-42(41-30-35-17-7-9-19-38(35)39-20-10-11-21-40(39)41)31-36(48(44)2)24-23-33-16-6-8-18-37(33)32-14-4-3-5-15-32/h3-10,12-14,16-20,22-27,29-32,35-36,38H,11,15,21,28H2,1-2H3/b24-23+. The predicted molar refractivity (Wildman–Crippen MR) is 200 cm³/mol. The van der Waals surface area contributed by atoms with Crippen LogP contribution in [0.15, 0.2) is 179 Å². The molecule has 0 saturated heterocycles. The summed E-state index contributed by atoms with van der Waals surface area (Å²) in [6.07, 6.45) is 45.2. The van der Waals surface area contributed by atoms with E-state index in [0.717, 1.165) is 42.9 Å². The van der Waals surface area contributed by atoms with Gasteiger partial charge in [0.05, 0.1) is 17.4 Å². The Morgan fingerprint density at radius 2 is 1.79 bits per heavy atom. The first-order valence-corrected chi connectivity index (χ1v) is 17.5. The van der Waals surface area contributed by atoms with Crippen LogP contribution in [-0.4, -0.2) is 28.8 Å². The fourth-order valence-electron chi connectivity index (χ4n) is 7.96. The molecule has 0 amide bonds. The van der Waals surface area contributed by atoms with Gasteiger partial charge in [-0.25, -0.2) is 4.99 Å². The van der Waals surface area contributed by atoms with Crippen molar-refractivity contribution in [2.24, 2.45) is 16.8 Å². The zero-order valence-electron chi connectivity index (χ0n) is 27.9. The molecule has 3 heteroatoms. The molecule has 1 aromatic heterocycles. The molecule has 0 saturated carbocycles. The molecule has 2 aromatic rings. The fourth-order valence-corrected chi connectivity index (χ4v) is 7.96. The number of hydrogen-bond donors (Lipinski definition) is 0. The lowest BCUT2D eigenvalue weighted by Gasteiger charge is -2.37.